The number of nitrogens with one attached hydrogen (secondary N) is 1. The maximum Gasteiger partial charge on any atom is 0.329 e. The molecule has 0 saturated carbocycles. The van der Waals surface area contributed by atoms with Crippen LogP contribution in [0.1, 0.15) is 21.6 Å². The minimum Gasteiger partial charge on any atom is -0.363 e. The SMILES string of the molecule is Cc1cc2c(cn1)cc(-c1cc(C(=O)NC(=O)N(C)c3ccon3)ccc1C)c(=O)n2C. The van der Waals surface area contributed by atoms with E-state index in [1.807, 2.05) is 19.9 Å². The number of aromatic nitrogens is 3. The average Bonchev–Trinajstić information content (AvgIpc) is 3.31. The summed E-state index contributed by atoms with van der Waals surface area (Å²) in [4.78, 5) is 43.7. The molecule has 0 bridgehead atoms. The molecule has 32 heavy (non-hydrogen) atoms. The molecule has 0 fully saturated rings. The number of fused-ring (bicyclic) bond motifs is 1. The molecule has 0 unspecified atom stereocenters. The summed E-state index contributed by atoms with van der Waals surface area (Å²) >= 11 is 0. The van der Waals surface area contributed by atoms with Crippen LogP contribution in [0, 0.1) is 13.8 Å². The third kappa shape index (κ3) is 3.76. The molecule has 4 aromatic rings. The molecule has 1 aromatic carbocycles. The van der Waals surface area contributed by atoms with Crippen molar-refractivity contribution in [3.63, 3.8) is 0 Å². The van der Waals surface area contributed by atoms with E-state index in [1.54, 1.807) is 42.1 Å². The van der Waals surface area contributed by atoms with E-state index in [9.17, 15) is 14.4 Å². The summed E-state index contributed by atoms with van der Waals surface area (Å²) < 4.78 is 6.29. The molecule has 9 heteroatoms. The zero-order valence-electron chi connectivity index (χ0n) is 18.0. The Morgan fingerprint density at radius 2 is 1.88 bits per heavy atom. The highest BCUT2D eigenvalue weighted by Gasteiger charge is 2.19. The number of hydrogen-bond donors (Lipinski definition) is 1. The monoisotopic (exact) mass is 431 g/mol. The highest BCUT2D eigenvalue weighted by molar-refractivity contribution is 6.08. The zero-order valence-corrected chi connectivity index (χ0v) is 18.0. The second-order valence-electron chi connectivity index (χ2n) is 7.51. The molecule has 1 N–H and O–H groups in total. The molecule has 0 aliphatic rings. The highest BCUT2D eigenvalue weighted by Crippen LogP contribution is 2.25. The number of urea groups is 1. The predicted octanol–water partition coefficient (Wildman–Crippen LogP) is 3.19. The number of imide groups is 1. The molecule has 0 radical (unpaired) electrons. The largest absolute Gasteiger partial charge is 0.363 e. The molecule has 3 aromatic heterocycles. The van der Waals surface area contributed by atoms with E-state index in [-0.39, 0.29) is 16.9 Å². The lowest BCUT2D eigenvalue weighted by Crippen LogP contribution is -2.41. The van der Waals surface area contributed by atoms with Crippen molar-refractivity contribution >= 4 is 28.7 Å². The van der Waals surface area contributed by atoms with Gasteiger partial charge in [-0.05, 0) is 49.2 Å². The Labute approximate surface area is 183 Å². The molecule has 0 atom stereocenters. The lowest BCUT2D eigenvalue weighted by Gasteiger charge is -2.15. The summed E-state index contributed by atoms with van der Waals surface area (Å²) in [5.41, 5.74) is 3.53. The van der Waals surface area contributed by atoms with E-state index < -0.39 is 11.9 Å². The van der Waals surface area contributed by atoms with Gasteiger partial charge in [0.1, 0.15) is 6.26 Å². The number of benzene rings is 1. The van der Waals surface area contributed by atoms with Crippen molar-refractivity contribution in [2.24, 2.45) is 7.05 Å². The van der Waals surface area contributed by atoms with E-state index in [0.717, 1.165) is 27.1 Å². The van der Waals surface area contributed by atoms with Crippen LogP contribution in [0.2, 0.25) is 0 Å². The second kappa shape index (κ2) is 8.10. The van der Waals surface area contributed by atoms with Gasteiger partial charge in [0.25, 0.3) is 11.5 Å². The van der Waals surface area contributed by atoms with Crippen LogP contribution in [0.3, 0.4) is 0 Å². The van der Waals surface area contributed by atoms with Gasteiger partial charge in [0.05, 0.1) is 5.52 Å². The third-order valence-corrected chi connectivity index (χ3v) is 5.33. The Morgan fingerprint density at radius 3 is 2.59 bits per heavy atom. The van der Waals surface area contributed by atoms with Crippen LogP contribution in [0.5, 0.6) is 0 Å². The van der Waals surface area contributed by atoms with Crippen LogP contribution in [-0.4, -0.2) is 33.7 Å². The normalized spacial score (nSPS) is 10.9. The molecule has 3 amide bonds. The number of anilines is 1. The van der Waals surface area contributed by atoms with Crippen LogP contribution >= 0.6 is 0 Å². The molecule has 9 nitrogen and oxygen atoms in total. The second-order valence-corrected chi connectivity index (χ2v) is 7.51. The van der Waals surface area contributed by atoms with Crippen molar-refractivity contribution in [3.8, 4) is 11.1 Å². The first-order valence-corrected chi connectivity index (χ1v) is 9.83. The molecule has 162 valence electrons. The van der Waals surface area contributed by atoms with Crippen molar-refractivity contribution in [1.29, 1.82) is 0 Å². The minimum atomic E-state index is -0.658. The van der Waals surface area contributed by atoms with Crippen LogP contribution in [0.25, 0.3) is 22.0 Å². The lowest BCUT2D eigenvalue weighted by atomic mass is 9.97. The van der Waals surface area contributed by atoms with Crippen LogP contribution in [0.4, 0.5) is 10.6 Å². The van der Waals surface area contributed by atoms with E-state index in [4.69, 9.17) is 4.52 Å². The predicted molar refractivity (Wildman–Crippen MR) is 120 cm³/mol. The molecular formula is C23H21N5O4. The van der Waals surface area contributed by atoms with Gasteiger partial charge in [0.2, 0.25) is 0 Å². The number of aryl methyl sites for hydroxylation is 3. The van der Waals surface area contributed by atoms with Gasteiger partial charge in [-0.3, -0.25) is 24.8 Å². The number of amides is 3. The molecule has 4 rings (SSSR count). The Hall–Kier alpha value is -4.27. The van der Waals surface area contributed by atoms with Crippen molar-refractivity contribution in [2.45, 2.75) is 13.8 Å². The summed E-state index contributed by atoms with van der Waals surface area (Å²) in [5, 5.41) is 6.80. The summed E-state index contributed by atoms with van der Waals surface area (Å²) in [6.45, 7) is 3.73. The fraction of sp³-hybridized carbons (Fsp3) is 0.174. The number of rotatable bonds is 3. The first kappa shape index (κ1) is 21.0. The Balaban J connectivity index is 1.70. The van der Waals surface area contributed by atoms with Crippen molar-refractivity contribution in [3.05, 3.63) is 76.0 Å². The quantitative estimate of drug-likeness (QED) is 0.533. The fourth-order valence-electron chi connectivity index (χ4n) is 3.45. The average molecular weight is 431 g/mol. The van der Waals surface area contributed by atoms with E-state index in [0.29, 0.717) is 11.1 Å². The number of carbonyl (C=O) groups is 2. The van der Waals surface area contributed by atoms with Gasteiger partial charge in [-0.1, -0.05) is 11.2 Å². The number of carbonyl (C=O) groups excluding carboxylic acids is 2. The fourth-order valence-corrected chi connectivity index (χ4v) is 3.45. The van der Waals surface area contributed by atoms with Crippen LogP contribution in [-0.2, 0) is 7.05 Å². The van der Waals surface area contributed by atoms with Crippen molar-refractivity contribution in [1.82, 2.24) is 20.0 Å². The number of hydrogen-bond acceptors (Lipinski definition) is 6. The number of nitrogens with zero attached hydrogens (tertiary/aromatic N) is 4. The summed E-state index contributed by atoms with van der Waals surface area (Å²) in [7, 11) is 3.17. The van der Waals surface area contributed by atoms with Gasteiger partial charge in [0.15, 0.2) is 5.82 Å². The van der Waals surface area contributed by atoms with Gasteiger partial charge >= 0.3 is 6.03 Å². The summed E-state index contributed by atoms with van der Waals surface area (Å²) in [5.74, 6) is -0.329. The van der Waals surface area contributed by atoms with Crippen molar-refractivity contribution < 1.29 is 14.1 Å². The maximum absolute atomic E-state index is 13.1. The van der Waals surface area contributed by atoms with Gasteiger partial charge in [-0.25, -0.2) is 4.79 Å². The standard InChI is InChI=1S/C23H21N5O4/c1-13-5-6-15(21(29)25-23(31)28(4)20-7-8-32-26-20)10-17(13)18-11-16-12-24-14(2)9-19(16)27(3)22(18)30/h5-12H,1-4H3,(H,25,29,31). The van der Waals surface area contributed by atoms with E-state index in [1.165, 1.54) is 19.4 Å². The summed E-state index contributed by atoms with van der Waals surface area (Å²) in [6, 6.07) is 9.43. The maximum atomic E-state index is 13.1. The van der Waals surface area contributed by atoms with Crippen LogP contribution < -0.4 is 15.8 Å². The van der Waals surface area contributed by atoms with Crippen molar-refractivity contribution in [2.75, 3.05) is 11.9 Å². The molecule has 0 spiro atoms. The first-order valence-electron chi connectivity index (χ1n) is 9.83. The Kier molecular flexibility index (Phi) is 5.31. The van der Waals surface area contributed by atoms with E-state index in [2.05, 4.69) is 15.5 Å². The van der Waals surface area contributed by atoms with Gasteiger partial charge in [-0.2, -0.15) is 0 Å². The minimum absolute atomic E-state index is 0.189. The zero-order chi connectivity index (χ0) is 23.0. The van der Waals surface area contributed by atoms with Crippen LogP contribution in [0.15, 0.2) is 58.2 Å². The lowest BCUT2D eigenvalue weighted by molar-refractivity contribution is 0.0965. The molecular weight excluding hydrogens is 410 g/mol. The molecule has 3 heterocycles. The summed E-state index contributed by atoms with van der Waals surface area (Å²) in [6.07, 6.45) is 3.05. The molecule has 0 aliphatic carbocycles. The Bertz CT molecular complexity index is 1410. The van der Waals surface area contributed by atoms with Gasteiger partial charge < -0.3 is 9.09 Å². The highest BCUT2D eigenvalue weighted by atomic mass is 16.5. The number of pyridine rings is 2. The van der Waals surface area contributed by atoms with Gasteiger partial charge in [0, 0.05) is 48.6 Å². The topological polar surface area (TPSA) is 110 Å². The van der Waals surface area contributed by atoms with E-state index >= 15 is 0 Å². The first-order chi connectivity index (χ1) is 15.3. The Morgan fingerprint density at radius 1 is 1.09 bits per heavy atom. The molecule has 0 saturated heterocycles. The smallest absolute Gasteiger partial charge is 0.329 e. The van der Waals surface area contributed by atoms with Gasteiger partial charge in [-0.15, -0.1) is 0 Å². The molecule has 0 aliphatic heterocycles. The third-order valence-electron chi connectivity index (χ3n) is 5.33.